The third kappa shape index (κ3) is 3.10. The zero-order valence-electron chi connectivity index (χ0n) is 7.42. The van der Waals surface area contributed by atoms with Crippen molar-refractivity contribution in [3.63, 3.8) is 0 Å². The summed E-state index contributed by atoms with van der Waals surface area (Å²) in [6, 6.07) is 7.24. The van der Waals surface area contributed by atoms with Gasteiger partial charge in [0, 0.05) is 12.3 Å². The average Bonchev–Trinajstić information content (AvgIpc) is 2.15. The lowest BCUT2D eigenvalue weighted by Gasteiger charge is -2.03. The molecule has 0 aromatic heterocycles. The summed E-state index contributed by atoms with van der Waals surface area (Å²) in [6.07, 6.45) is 0. The summed E-state index contributed by atoms with van der Waals surface area (Å²) in [5.74, 6) is 0.597. The van der Waals surface area contributed by atoms with E-state index in [1.807, 2.05) is 19.2 Å². The van der Waals surface area contributed by atoms with E-state index in [0.29, 0.717) is 10.8 Å². The number of hydrogen-bond acceptors (Lipinski definition) is 2. The van der Waals surface area contributed by atoms with E-state index in [9.17, 15) is 4.21 Å². The van der Waals surface area contributed by atoms with Crippen LogP contribution in [0.25, 0.3) is 0 Å². The van der Waals surface area contributed by atoms with Crippen LogP contribution in [0.2, 0.25) is 5.02 Å². The first-order valence-electron chi connectivity index (χ1n) is 4.03. The predicted molar refractivity (Wildman–Crippen MR) is 56.7 cm³/mol. The normalized spacial score (nSPS) is 12.8. The van der Waals surface area contributed by atoms with E-state index in [2.05, 4.69) is 5.32 Å². The van der Waals surface area contributed by atoms with Crippen molar-refractivity contribution in [2.24, 2.45) is 0 Å². The lowest BCUT2D eigenvalue weighted by Crippen LogP contribution is -2.15. The monoisotopic (exact) mass is 217 g/mol. The molecule has 1 aromatic rings. The summed E-state index contributed by atoms with van der Waals surface area (Å²) >= 11 is 5.88. The summed E-state index contributed by atoms with van der Waals surface area (Å²) in [7, 11) is 0.848. The Hall–Kier alpha value is -0.380. The summed E-state index contributed by atoms with van der Waals surface area (Å²) < 4.78 is 11.6. The fraction of sp³-hybridized carbons (Fsp3) is 0.333. The van der Waals surface area contributed by atoms with E-state index in [1.165, 1.54) is 0 Å². The second-order valence-corrected chi connectivity index (χ2v) is 4.53. The van der Waals surface area contributed by atoms with Gasteiger partial charge in [-0.05, 0) is 19.2 Å². The predicted octanol–water partition coefficient (Wildman–Crippen LogP) is 1.67. The van der Waals surface area contributed by atoms with Crippen molar-refractivity contribution in [2.75, 3.05) is 19.3 Å². The molecule has 2 nitrogen and oxygen atoms in total. The van der Waals surface area contributed by atoms with Crippen LogP contribution in [0.5, 0.6) is 0 Å². The molecule has 0 aliphatic carbocycles. The molecule has 0 saturated carbocycles. The van der Waals surface area contributed by atoms with Gasteiger partial charge in [0.2, 0.25) is 0 Å². The fourth-order valence-electron chi connectivity index (χ4n) is 0.934. The molecule has 0 bridgehead atoms. The number of hydrogen-bond donors (Lipinski definition) is 1. The van der Waals surface area contributed by atoms with E-state index in [1.54, 1.807) is 12.1 Å². The van der Waals surface area contributed by atoms with Crippen LogP contribution in [0.1, 0.15) is 0 Å². The maximum atomic E-state index is 11.6. The van der Waals surface area contributed by atoms with Crippen molar-refractivity contribution in [3.05, 3.63) is 29.3 Å². The minimum Gasteiger partial charge on any atom is -0.319 e. The molecule has 13 heavy (non-hydrogen) atoms. The Morgan fingerprint density at radius 1 is 1.46 bits per heavy atom. The van der Waals surface area contributed by atoms with Crippen molar-refractivity contribution in [2.45, 2.75) is 4.90 Å². The number of nitrogens with one attached hydrogen (secondary N) is 1. The molecule has 4 heteroatoms. The summed E-state index contributed by atoms with van der Waals surface area (Å²) in [6.45, 7) is 0.734. The van der Waals surface area contributed by atoms with Gasteiger partial charge in [0.05, 0.1) is 20.7 Å². The van der Waals surface area contributed by atoms with E-state index in [0.717, 1.165) is 11.4 Å². The topological polar surface area (TPSA) is 29.1 Å². The summed E-state index contributed by atoms with van der Waals surface area (Å²) in [5, 5.41) is 3.53. The molecule has 0 fully saturated rings. The van der Waals surface area contributed by atoms with Crippen LogP contribution in [0.4, 0.5) is 0 Å². The quantitative estimate of drug-likeness (QED) is 0.832. The maximum absolute atomic E-state index is 11.6. The lowest BCUT2D eigenvalue weighted by atomic mass is 10.4. The van der Waals surface area contributed by atoms with Crippen molar-refractivity contribution in [1.82, 2.24) is 5.32 Å². The highest BCUT2D eigenvalue weighted by Crippen LogP contribution is 2.18. The van der Waals surface area contributed by atoms with Gasteiger partial charge in [0.25, 0.3) is 0 Å². The van der Waals surface area contributed by atoms with Gasteiger partial charge < -0.3 is 5.32 Å². The molecule has 0 spiro atoms. The summed E-state index contributed by atoms with van der Waals surface area (Å²) in [5.41, 5.74) is 0. The standard InChI is InChI=1S/C9H12ClNOS/c1-11-6-7-13(12)9-5-3-2-4-8(9)10/h2-5,11H,6-7H2,1H3. The third-order valence-corrected chi connectivity index (χ3v) is 3.48. The van der Waals surface area contributed by atoms with E-state index < -0.39 is 10.8 Å². The molecule has 0 amide bonds. The van der Waals surface area contributed by atoms with Gasteiger partial charge >= 0.3 is 0 Å². The SMILES string of the molecule is CNCCS(=O)c1ccccc1Cl. The molecule has 1 N–H and O–H groups in total. The minimum absolute atomic E-state index is 0.580. The van der Waals surface area contributed by atoms with E-state index in [-0.39, 0.29) is 0 Å². The van der Waals surface area contributed by atoms with Crippen molar-refractivity contribution in [1.29, 1.82) is 0 Å². The van der Waals surface area contributed by atoms with Crippen LogP contribution in [0, 0.1) is 0 Å². The average molecular weight is 218 g/mol. The zero-order valence-corrected chi connectivity index (χ0v) is 8.99. The minimum atomic E-state index is -0.989. The molecule has 1 atom stereocenters. The highest BCUT2D eigenvalue weighted by atomic mass is 35.5. The number of benzene rings is 1. The molecule has 0 saturated heterocycles. The Morgan fingerprint density at radius 3 is 2.77 bits per heavy atom. The Bertz CT molecular complexity index is 303. The highest BCUT2D eigenvalue weighted by molar-refractivity contribution is 7.85. The first kappa shape index (κ1) is 10.7. The van der Waals surface area contributed by atoms with Gasteiger partial charge in [0.15, 0.2) is 0 Å². The number of halogens is 1. The maximum Gasteiger partial charge on any atom is 0.0574 e. The van der Waals surface area contributed by atoms with E-state index >= 15 is 0 Å². The molecule has 72 valence electrons. The second-order valence-electron chi connectivity index (χ2n) is 2.58. The molecular formula is C9H12ClNOS. The Morgan fingerprint density at radius 2 is 2.15 bits per heavy atom. The van der Waals surface area contributed by atoms with Gasteiger partial charge in [0.1, 0.15) is 0 Å². The highest BCUT2D eigenvalue weighted by Gasteiger charge is 2.06. The number of rotatable bonds is 4. The fourth-order valence-corrected chi connectivity index (χ4v) is 2.45. The van der Waals surface area contributed by atoms with Crippen LogP contribution < -0.4 is 5.32 Å². The smallest absolute Gasteiger partial charge is 0.0574 e. The second kappa shape index (κ2) is 5.37. The largest absolute Gasteiger partial charge is 0.319 e. The van der Waals surface area contributed by atoms with Crippen molar-refractivity contribution >= 4 is 22.4 Å². The van der Waals surface area contributed by atoms with Gasteiger partial charge in [-0.25, -0.2) is 0 Å². The van der Waals surface area contributed by atoms with Gasteiger partial charge in [-0.3, -0.25) is 4.21 Å². The van der Waals surface area contributed by atoms with Crippen molar-refractivity contribution in [3.8, 4) is 0 Å². The molecule has 0 aliphatic rings. The van der Waals surface area contributed by atoms with E-state index in [4.69, 9.17) is 11.6 Å². The molecule has 1 rings (SSSR count). The van der Waals surface area contributed by atoms with Gasteiger partial charge in [-0.2, -0.15) is 0 Å². The molecule has 0 aliphatic heterocycles. The van der Waals surface area contributed by atoms with Crippen LogP contribution >= 0.6 is 11.6 Å². The first-order valence-corrected chi connectivity index (χ1v) is 5.73. The van der Waals surface area contributed by atoms with Crippen LogP contribution in [-0.4, -0.2) is 23.6 Å². The molecule has 1 aromatic carbocycles. The van der Waals surface area contributed by atoms with Crippen LogP contribution in [0.3, 0.4) is 0 Å². The molecule has 1 unspecified atom stereocenters. The Labute approximate surface area is 85.8 Å². The summed E-state index contributed by atoms with van der Waals surface area (Å²) in [4.78, 5) is 0.722. The lowest BCUT2D eigenvalue weighted by molar-refractivity contribution is 0.680. The van der Waals surface area contributed by atoms with Gasteiger partial charge in [-0.15, -0.1) is 0 Å². The van der Waals surface area contributed by atoms with Crippen LogP contribution in [-0.2, 0) is 10.8 Å². The van der Waals surface area contributed by atoms with Gasteiger partial charge in [-0.1, -0.05) is 23.7 Å². The Balaban J connectivity index is 2.71. The van der Waals surface area contributed by atoms with Crippen molar-refractivity contribution < 1.29 is 4.21 Å². The van der Waals surface area contributed by atoms with Crippen LogP contribution in [0.15, 0.2) is 29.2 Å². The molecular weight excluding hydrogens is 206 g/mol. The third-order valence-electron chi connectivity index (χ3n) is 1.62. The molecule has 0 radical (unpaired) electrons. The zero-order chi connectivity index (χ0) is 9.68. The Kier molecular flexibility index (Phi) is 4.42. The first-order chi connectivity index (χ1) is 6.25. The molecule has 0 heterocycles.